The van der Waals surface area contributed by atoms with Gasteiger partial charge in [-0.25, -0.2) is 4.79 Å². The summed E-state index contributed by atoms with van der Waals surface area (Å²) in [5, 5.41) is 5.54. The summed E-state index contributed by atoms with van der Waals surface area (Å²) in [4.78, 5) is 11.9. The zero-order valence-corrected chi connectivity index (χ0v) is 11.6. The lowest BCUT2D eigenvalue weighted by Gasteiger charge is -2.04. The normalized spacial score (nSPS) is 10.9. The van der Waals surface area contributed by atoms with Gasteiger partial charge in [-0.15, -0.1) is 0 Å². The van der Waals surface area contributed by atoms with Crippen LogP contribution in [0.5, 0.6) is 0 Å². The molecule has 0 saturated heterocycles. The molecule has 17 heavy (non-hydrogen) atoms. The molecule has 2 nitrogen and oxygen atoms in total. The fourth-order valence-electron chi connectivity index (χ4n) is 1.75. The summed E-state index contributed by atoms with van der Waals surface area (Å²) in [6.45, 7) is 0. The second-order valence-electron chi connectivity index (χ2n) is 3.59. The highest BCUT2D eigenvalue weighted by molar-refractivity contribution is 14.1. The van der Waals surface area contributed by atoms with Crippen molar-refractivity contribution in [2.45, 2.75) is 0 Å². The maximum atomic E-state index is 11.9. The van der Waals surface area contributed by atoms with Gasteiger partial charge in [-0.3, -0.25) is 0 Å². The number of hydrogen-bond donors (Lipinski definition) is 0. The molecule has 0 spiro atoms. The molecule has 0 N–H and O–H groups in total. The van der Waals surface area contributed by atoms with Crippen molar-refractivity contribution in [2.24, 2.45) is 0 Å². The quantitative estimate of drug-likeness (QED) is 0.616. The van der Waals surface area contributed by atoms with Crippen LogP contribution >= 0.6 is 33.9 Å². The molecule has 0 atom stereocenters. The van der Waals surface area contributed by atoms with Crippen LogP contribution in [0.3, 0.4) is 0 Å². The van der Waals surface area contributed by atoms with E-state index in [4.69, 9.17) is 4.42 Å². The minimum Gasteiger partial charge on any atom is -0.421 e. The molecule has 0 amide bonds. The molecule has 0 bridgehead atoms. The molecule has 0 aliphatic heterocycles. The van der Waals surface area contributed by atoms with Crippen molar-refractivity contribution < 1.29 is 4.42 Å². The maximum Gasteiger partial charge on any atom is 0.344 e. The van der Waals surface area contributed by atoms with Crippen molar-refractivity contribution in [1.82, 2.24) is 0 Å². The lowest BCUT2D eigenvalue weighted by Crippen LogP contribution is -2.02. The highest BCUT2D eigenvalue weighted by Gasteiger charge is 2.12. The molecule has 0 radical (unpaired) electrons. The first-order chi connectivity index (χ1) is 8.27. The molecule has 4 heteroatoms. The Hall–Kier alpha value is -1.14. The van der Waals surface area contributed by atoms with Gasteiger partial charge in [-0.1, -0.05) is 18.2 Å². The van der Waals surface area contributed by atoms with E-state index in [0.717, 1.165) is 14.5 Å². The predicted molar refractivity (Wildman–Crippen MR) is 78.5 cm³/mol. The molecular weight excluding hydrogens is 347 g/mol. The first-order valence-corrected chi connectivity index (χ1v) is 7.03. The van der Waals surface area contributed by atoms with Gasteiger partial charge in [0.15, 0.2) is 5.76 Å². The maximum absolute atomic E-state index is 11.9. The smallest absolute Gasteiger partial charge is 0.344 e. The summed E-state index contributed by atoms with van der Waals surface area (Å²) in [6.07, 6.45) is 0. The van der Waals surface area contributed by atoms with E-state index in [1.807, 2.05) is 35.0 Å². The van der Waals surface area contributed by atoms with E-state index >= 15 is 0 Å². The standard InChI is InChI=1S/C13H7IO2S/c14-11-9-3-1-2-4-10(9)13(15)16-12(11)8-5-6-17-7-8/h1-7H. The Labute approximate surface area is 115 Å². The minimum absolute atomic E-state index is 0.276. The van der Waals surface area contributed by atoms with Gasteiger partial charge in [0.1, 0.15) is 0 Å². The highest BCUT2D eigenvalue weighted by Crippen LogP contribution is 2.30. The highest BCUT2D eigenvalue weighted by atomic mass is 127. The van der Waals surface area contributed by atoms with Crippen LogP contribution in [0.1, 0.15) is 0 Å². The number of fused-ring (bicyclic) bond motifs is 1. The molecule has 0 aliphatic rings. The fraction of sp³-hybridized carbons (Fsp3) is 0. The third kappa shape index (κ3) is 1.81. The number of halogens is 1. The summed E-state index contributed by atoms with van der Waals surface area (Å²) in [5.74, 6) is 0.663. The van der Waals surface area contributed by atoms with Gasteiger partial charge in [0.2, 0.25) is 0 Å². The number of benzene rings is 1. The largest absolute Gasteiger partial charge is 0.421 e. The minimum atomic E-state index is -0.276. The van der Waals surface area contributed by atoms with Crippen molar-refractivity contribution in [2.75, 3.05) is 0 Å². The van der Waals surface area contributed by atoms with Gasteiger partial charge < -0.3 is 4.42 Å². The molecule has 3 aromatic rings. The Balaban J connectivity index is 2.43. The van der Waals surface area contributed by atoms with Crippen LogP contribution in [-0.4, -0.2) is 0 Å². The average molecular weight is 354 g/mol. The molecule has 0 aliphatic carbocycles. The van der Waals surface area contributed by atoms with Crippen molar-refractivity contribution in [1.29, 1.82) is 0 Å². The number of hydrogen-bond acceptors (Lipinski definition) is 3. The summed E-state index contributed by atoms with van der Waals surface area (Å²) in [7, 11) is 0. The van der Waals surface area contributed by atoms with E-state index < -0.39 is 0 Å². The van der Waals surface area contributed by atoms with Crippen LogP contribution < -0.4 is 5.63 Å². The van der Waals surface area contributed by atoms with E-state index in [1.165, 1.54) is 0 Å². The zero-order valence-electron chi connectivity index (χ0n) is 8.64. The lowest BCUT2D eigenvalue weighted by molar-refractivity contribution is 0.532. The first-order valence-electron chi connectivity index (χ1n) is 5.01. The molecule has 84 valence electrons. The summed E-state index contributed by atoms with van der Waals surface area (Å²) < 4.78 is 6.39. The Morgan fingerprint density at radius 3 is 2.59 bits per heavy atom. The molecule has 2 heterocycles. The number of thiophene rings is 1. The van der Waals surface area contributed by atoms with Gasteiger partial charge in [-0.2, -0.15) is 11.3 Å². The van der Waals surface area contributed by atoms with Crippen LogP contribution in [0, 0.1) is 3.57 Å². The fourth-order valence-corrected chi connectivity index (χ4v) is 3.27. The molecule has 0 unspecified atom stereocenters. The second kappa shape index (κ2) is 4.27. The van der Waals surface area contributed by atoms with Crippen molar-refractivity contribution >= 4 is 44.7 Å². The van der Waals surface area contributed by atoms with E-state index in [2.05, 4.69) is 22.6 Å². The molecule has 0 fully saturated rings. The van der Waals surface area contributed by atoms with Gasteiger partial charge >= 0.3 is 5.63 Å². The average Bonchev–Trinajstić information content (AvgIpc) is 2.87. The van der Waals surface area contributed by atoms with E-state index in [0.29, 0.717) is 11.1 Å². The second-order valence-corrected chi connectivity index (χ2v) is 5.45. The van der Waals surface area contributed by atoms with Crippen molar-refractivity contribution in [3.05, 3.63) is 55.1 Å². The monoisotopic (exact) mass is 354 g/mol. The Bertz CT molecular complexity index is 729. The summed E-state index contributed by atoms with van der Waals surface area (Å²) >= 11 is 3.82. The van der Waals surface area contributed by atoms with Gasteiger partial charge in [0.25, 0.3) is 0 Å². The van der Waals surface area contributed by atoms with Crippen LogP contribution in [0.4, 0.5) is 0 Å². The van der Waals surface area contributed by atoms with E-state index in [9.17, 15) is 4.79 Å². The van der Waals surface area contributed by atoms with Crippen LogP contribution in [0.25, 0.3) is 22.1 Å². The molecular formula is C13H7IO2S. The SMILES string of the molecule is O=c1oc(-c2ccsc2)c(I)c2ccccc12. The third-order valence-electron chi connectivity index (χ3n) is 2.56. The number of rotatable bonds is 1. The topological polar surface area (TPSA) is 30.2 Å². The predicted octanol–water partition coefficient (Wildman–Crippen LogP) is 4.13. The van der Waals surface area contributed by atoms with E-state index in [-0.39, 0.29) is 5.63 Å². The van der Waals surface area contributed by atoms with Gasteiger partial charge in [-0.05, 0) is 40.1 Å². The molecule has 2 aromatic heterocycles. The Morgan fingerprint density at radius 1 is 1.12 bits per heavy atom. The van der Waals surface area contributed by atoms with Gasteiger partial charge in [0, 0.05) is 16.3 Å². The third-order valence-corrected chi connectivity index (χ3v) is 4.32. The van der Waals surface area contributed by atoms with Crippen LogP contribution in [0.2, 0.25) is 0 Å². The summed E-state index contributed by atoms with van der Waals surface area (Å²) in [5.41, 5.74) is 0.685. The zero-order chi connectivity index (χ0) is 11.8. The van der Waals surface area contributed by atoms with Crippen molar-refractivity contribution in [3.8, 4) is 11.3 Å². The van der Waals surface area contributed by atoms with E-state index in [1.54, 1.807) is 17.4 Å². The van der Waals surface area contributed by atoms with Gasteiger partial charge in [0.05, 0.1) is 8.96 Å². The van der Waals surface area contributed by atoms with Crippen LogP contribution in [0.15, 0.2) is 50.3 Å². The molecule has 3 rings (SSSR count). The Morgan fingerprint density at radius 2 is 1.88 bits per heavy atom. The summed E-state index contributed by atoms with van der Waals surface area (Å²) in [6, 6.07) is 9.48. The van der Waals surface area contributed by atoms with Crippen LogP contribution in [-0.2, 0) is 0 Å². The molecule has 0 saturated carbocycles. The molecule has 1 aromatic carbocycles. The first kappa shape index (κ1) is 11.0. The lowest BCUT2D eigenvalue weighted by atomic mass is 10.1. The van der Waals surface area contributed by atoms with Crippen molar-refractivity contribution in [3.63, 3.8) is 0 Å². The Kier molecular flexibility index (Phi) is 2.76.